The van der Waals surface area contributed by atoms with Gasteiger partial charge in [0.15, 0.2) is 0 Å². The SMILES string of the molecule is CCc1c(OCC2CCCCC2)cccc1C(=O)O. The van der Waals surface area contributed by atoms with E-state index in [0.717, 1.165) is 17.9 Å². The number of carbonyl (C=O) groups is 1. The van der Waals surface area contributed by atoms with Gasteiger partial charge in [-0.1, -0.05) is 32.3 Å². The van der Waals surface area contributed by atoms with Crippen LogP contribution in [0.2, 0.25) is 0 Å². The summed E-state index contributed by atoms with van der Waals surface area (Å²) in [5.74, 6) is 0.500. The fourth-order valence-corrected chi connectivity index (χ4v) is 2.83. The van der Waals surface area contributed by atoms with E-state index in [2.05, 4.69) is 0 Å². The number of carboxylic acid groups (broad SMARTS) is 1. The van der Waals surface area contributed by atoms with E-state index < -0.39 is 5.97 Å². The summed E-state index contributed by atoms with van der Waals surface area (Å²) < 4.78 is 5.90. The summed E-state index contributed by atoms with van der Waals surface area (Å²) in [6, 6.07) is 5.29. The van der Waals surface area contributed by atoms with Crippen molar-refractivity contribution in [1.82, 2.24) is 0 Å². The maximum Gasteiger partial charge on any atom is 0.336 e. The Labute approximate surface area is 114 Å². The Morgan fingerprint density at radius 3 is 2.68 bits per heavy atom. The number of hydrogen-bond donors (Lipinski definition) is 1. The predicted octanol–water partition coefficient (Wildman–Crippen LogP) is 3.91. The van der Waals surface area contributed by atoms with E-state index in [1.807, 2.05) is 13.0 Å². The molecule has 0 atom stereocenters. The summed E-state index contributed by atoms with van der Waals surface area (Å²) >= 11 is 0. The highest BCUT2D eigenvalue weighted by molar-refractivity contribution is 5.90. The van der Waals surface area contributed by atoms with Gasteiger partial charge in [-0.3, -0.25) is 0 Å². The molecule has 1 aromatic rings. The fourth-order valence-electron chi connectivity index (χ4n) is 2.83. The Morgan fingerprint density at radius 1 is 1.32 bits per heavy atom. The van der Waals surface area contributed by atoms with E-state index in [9.17, 15) is 9.90 Å². The molecule has 0 saturated heterocycles. The van der Waals surface area contributed by atoms with E-state index in [1.165, 1.54) is 32.1 Å². The van der Waals surface area contributed by atoms with E-state index in [1.54, 1.807) is 12.1 Å². The van der Waals surface area contributed by atoms with Crippen LogP contribution in [-0.2, 0) is 6.42 Å². The quantitative estimate of drug-likeness (QED) is 0.875. The molecule has 1 aliphatic rings. The van der Waals surface area contributed by atoms with E-state index in [0.29, 0.717) is 17.9 Å². The van der Waals surface area contributed by atoms with Crippen LogP contribution in [0.3, 0.4) is 0 Å². The summed E-state index contributed by atoms with van der Waals surface area (Å²) in [4.78, 5) is 11.2. The number of aromatic carboxylic acids is 1. The van der Waals surface area contributed by atoms with Gasteiger partial charge < -0.3 is 9.84 Å². The van der Waals surface area contributed by atoms with Crippen LogP contribution in [0.1, 0.15) is 54.9 Å². The lowest BCUT2D eigenvalue weighted by molar-refractivity contribution is 0.0695. The van der Waals surface area contributed by atoms with Gasteiger partial charge in [0.2, 0.25) is 0 Å². The lowest BCUT2D eigenvalue weighted by Gasteiger charge is -2.22. The van der Waals surface area contributed by atoms with Crippen LogP contribution < -0.4 is 4.74 Å². The number of carboxylic acids is 1. The monoisotopic (exact) mass is 262 g/mol. The molecule has 1 N–H and O–H groups in total. The average molecular weight is 262 g/mol. The molecule has 104 valence electrons. The first-order valence-corrected chi connectivity index (χ1v) is 7.20. The summed E-state index contributed by atoms with van der Waals surface area (Å²) in [7, 11) is 0. The second-order valence-corrected chi connectivity index (χ2v) is 5.26. The maximum atomic E-state index is 11.2. The molecule has 2 rings (SSSR count). The number of benzene rings is 1. The van der Waals surface area contributed by atoms with Crippen molar-refractivity contribution in [3.8, 4) is 5.75 Å². The second-order valence-electron chi connectivity index (χ2n) is 5.26. The highest BCUT2D eigenvalue weighted by Gasteiger charge is 2.17. The molecule has 0 bridgehead atoms. The Balaban J connectivity index is 2.06. The van der Waals surface area contributed by atoms with Gasteiger partial charge in [0.25, 0.3) is 0 Å². The van der Waals surface area contributed by atoms with Crippen molar-refractivity contribution in [1.29, 1.82) is 0 Å². The molecule has 0 spiro atoms. The van der Waals surface area contributed by atoms with Gasteiger partial charge in [-0.2, -0.15) is 0 Å². The molecule has 19 heavy (non-hydrogen) atoms. The zero-order valence-electron chi connectivity index (χ0n) is 11.5. The highest BCUT2D eigenvalue weighted by Crippen LogP contribution is 2.27. The summed E-state index contributed by atoms with van der Waals surface area (Å²) in [5, 5.41) is 9.18. The minimum atomic E-state index is -0.875. The molecule has 0 aromatic heterocycles. The lowest BCUT2D eigenvalue weighted by Crippen LogP contribution is -2.16. The molecular formula is C16H22O3. The number of ether oxygens (including phenoxy) is 1. The van der Waals surface area contributed by atoms with Gasteiger partial charge in [0.05, 0.1) is 12.2 Å². The van der Waals surface area contributed by atoms with E-state index in [4.69, 9.17) is 4.74 Å². The van der Waals surface area contributed by atoms with Crippen LogP contribution >= 0.6 is 0 Å². The van der Waals surface area contributed by atoms with Crippen molar-refractivity contribution in [2.45, 2.75) is 45.4 Å². The Kier molecular flexibility index (Phi) is 4.83. The zero-order chi connectivity index (χ0) is 13.7. The summed E-state index contributed by atoms with van der Waals surface area (Å²) in [6.07, 6.45) is 7.08. The van der Waals surface area contributed by atoms with Gasteiger partial charge in [0, 0.05) is 5.56 Å². The molecule has 0 radical (unpaired) electrons. The normalized spacial score (nSPS) is 16.3. The Bertz CT molecular complexity index is 434. The Morgan fingerprint density at radius 2 is 2.05 bits per heavy atom. The van der Waals surface area contributed by atoms with Crippen molar-refractivity contribution >= 4 is 5.97 Å². The van der Waals surface area contributed by atoms with Crippen LogP contribution in [-0.4, -0.2) is 17.7 Å². The van der Waals surface area contributed by atoms with E-state index in [-0.39, 0.29) is 0 Å². The second kappa shape index (κ2) is 6.60. The number of hydrogen-bond acceptors (Lipinski definition) is 2. The van der Waals surface area contributed by atoms with Gasteiger partial charge in [0.1, 0.15) is 5.75 Å². The molecule has 0 unspecified atom stereocenters. The molecule has 0 aliphatic heterocycles. The van der Waals surface area contributed by atoms with Crippen molar-refractivity contribution in [3.05, 3.63) is 29.3 Å². The van der Waals surface area contributed by atoms with Gasteiger partial charge in [-0.25, -0.2) is 4.79 Å². The van der Waals surface area contributed by atoms with Crippen LogP contribution in [0, 0.1) is 5.92 Å². The largest absolute Gasteiger partial charge is 0.493 e. The molecular weight excluding hydrogens is 240 g/mol. The first-order chi connectivity index (χ1) is 9.22. The highest BCUT2D eigenvalue weighted by atomic mass is 16.5. The smallest absolute Gasteiger partial charge is 0.336 e. The average Bonchev–Trinajstić information content (AvgIpc) is 2.45. The van der Waals surface area contributed by atoms with E-state index >= 15 is 0 Å². The zero-order valence-corrected chi connectivity index (χ0v) is 11.5. The first kappa shape index (κ1) is 13.9. The molecule has 1 aromatic carbocycles. The molecule has 1 saturated carbocycles. The lowest BCUT2D eigenvalue weighted by atomic mass is 9.90. The fraction of sp³-hybridized carbons (Fsp3) is 0.562. The van der Waals surface area contributed by atoms with Crippen LogP contribution in [0.4, 0.5) is 0 Å². The third kappa shape index (κ3) is 3.49. The van der Waals surface area contributed by atoms with Crippen molar-refractivity contribution in [3.63, 3.8) is 0 Å². The summed E-state index contributed by atoms with van der Waals surface area (Å²) in [6.45, 7) is 2.69. The van der Waals surface area contributed by atoms with Gasteiger partial charge >= 0.3 is 5.97 Å². The minimum Gasteiger partial charge on any atom is -0.493 e. The first-order valence-electron chi connectivity index (χ1n) is 7.20. The predicted molar refractivity (Wildman–Crippen MR) is 74.8 cm³/mol. The molecule has 0 heterocycles. The van der Waals surface area contributed by atoms with Gasteiger partial charge in [-0.05, 0) is 37.3 Å². The summed E-state index contributed by atoms with van der Waals surface area (Å²) in [5.41, 5.74) is 1.18. The maximum absolute atomic E-state index is 11.2. The van der Waals surface area contributed by atoms with Crippen LogP contribution in [0.5, 0.6) is 5.75 Å². The minimum absolute atomic E-state index is 0.364. The number of rotatable bonds is 5. The van der Waals surface area contributed by atoms with Crippen molar-refractivity contribution in [2.24, 2.45) is 5.92 Å². The molecule has 0 amide bonds. The topological polar surface area (TPSA) is 46.5 Å². The van der Waals surface area contributed by atoms with Gasteiger partial charge in [-0.15, -0.1) is 0 Å². The van der Waals surface area contributed by atoms with Crippen LogP contribution in [0.25, 0.3) is 0 Å². The Hall–Kier alpha value is -1.51. The third-order valence-electron chi connectivity index (χ3n) is 3.92. The molecule has 1 aliphatic carbocycles. The standard InChI is InChI=1S/C16H22O3/c1-2-13-14(16(17)18)9-6-10-15(13)19-11-12-7-4-3-5-8-12/h6,9-10,12H,2-5,7-8,11H2,1H3,(H,17,18). The molecule has 3 nitrogen and oxygen atoms in total. The third-order valence-corrected chi connectivity index (χ3v) is 3.92. The van der Waals surface area contributed by atoms with Crippen molar-refractivity contribution < 1.29 is 14.6 Å². The molecule has 1 fully saturated rings. The van der Waals surface area contributed by atoms with Crippen LogP contribution in [0.15, 0.2) is 18.2 Å². The van der Waals surface area contributed by atoms with Crippen molar-refractivity contribution in [2.75, 3.05) is 6.61 Å². The molecule has 3 heteroatoms.